The van der Waals surface area contributed by atoms with Gasteiger partial charge in [-0.3, -0.25) is 9.59 Å². The number of hydrogen-bond donors (Lipinski definition) is 0. The maximum atomic E-state index is 14.0. The molecule has 3 aromatic rings. The summed E-state index contributed by atoms with van der Waals surface area (Å²) in [6.07, 6.45) is 1.49. The summed E-state index contributed by atoms with van der Waals surface area (Å²) in [6.45, 7) is -0.0812. The lowest BCUT2D eigenvalue weighted by Crippen LogP contribution is -2.36. The molecule has 0 atom stereocenters. The van der Waals surface area contributed by atoms with Crippen molar-refractivity contribution in [1.82, 2.24) is 14.7 Å². The van der Waals surface area contributed by atoms with Crippen molar-refractivity contribution in [2.24, 2.45) is 0 Å². The second-order valence-corrected chi connectivity index (χ2v) is 6.40. The number of carbonyl (C=O) groups is 2. The highest BCUT2D eigenvalue weighted by Gasteiger charge is 2.22. The molecule has 0 aliphatic heterocycles. The van der Waals surface area contributed by atoms with Crippen LogP contribution in [0, 0.1) is 5.82 Å². The van der Waals surface area contributed by atoms with E-state index in [1.165, 1.54) is 35.0 Å². The predicted octanol–water partition coefficient (Wildman–Crippen LogP) is 3.48. The van der Waals surface area contributed by atoms with Crippen molar-refractivity contribution in [3.8, 4) is 5.69 Å². The molecule has 0 unspecified atom stereocenters. The zero-order chi connectivity index (χ0) is 20.1. The number of benzene rings is 2. The third kappa shape index (κ3) is 4.55. The zero-order valence-corrected chi connectivity index (χ0v) is 15.8. The van der Waals surface area contributed by atoms with Gasteiger partial charge >= 0.3 is 5.97 Å². The van der Waals surface area contributed by atoms with E-state index >= 15 is 0 Å². The van der Waals surface area contributed by atoms with E-state index in [0.29, 0.717) is 5.02 Å². The van der Waals surface area contributed by atoms with Gasteiger partial charge in [-0.15, -0.1) is 0 Å². The first kappa shape index (κ1) is 19.6. The summed E-state index contributed by atoms with van der Waals surface area (Å²) >= 11 is 5.89. The number of methoxy groups -OCH3 is 1. The van der Waals surface area contributed by atoms with Crippen LogP contribution in [0.4, 0.5) is 4.39 Å². The van der Waals surface area contributed by atoms with Crippen LogP contribution in [0.2, 0.25) is 5.02 Å². The number of halogens is 2. The molecule has 0 saturated carbocycles. The highest BCUT2D eigenvalue weighted by Crippen LogP contribution is 2.15. The van der Waals surface area contributed by atoms with Gasteiger partial charge in [-0.1, -0.05) is 35.9 Å². The zero-order valence-electron chi connectivity index (χ0n) is 15.0. The third-order valence-electron chi connectivity index (χ3n) is 4.03. The van der Waals surface area contributed by atoms with Crippen molar-refractivity contribution < 1.29 is 18.7 Å². The van der Waals surface area contributed by atoms with Crippen LogP contribution < -0.4 is 0 Å². The standard InChI is InChI=1S/C20H17ClFN3O3/c1-28-19(26)13-24(12-14-6-8-15(21)9-7-14)20(27)17-10-11-25(23-17)18-5-3-2-4-16(18)22/h2-11H,12-13H2,1H3. The van der Waals surface area contributed by atoms with Gasteiger partial charge in [-0.2, -0.15) is 5.10 Å². The minimum Gasteiger partial charge on any atom is -0.468 e. The highest BCUT2D eigenvalue weighted by atomic mass is 35.5. The first-order valence-corrected chi connectivity index (χ1v) is 8.77. The van der Waals surface area contributed by atoms with E-state index in [2.05, 4.69) is 9.84 Å². The lowest BCUT2D eigenvalue weighted by molar-refractivity contribution is -0.141. The van der Waals surface area contributed by atoms with Crippen LogP contribution in [-0.2, 0) is 16.1 Å². The van der Waals surface area contributed by atoms with Crippen molar-refractivity contribution >= 4 is 23.5 Å². The average molecular weight is 402 g/mol. The molecule has 2 aromatic carbocycles. The molecular weight excluding hydrogens is 385 g/mol. The maximum absolute atomic E-state index is 14.0. The van der Waals surface area contributed by atoms with E-state index in [0.717, 1.165) is 5.56 Å². The lowest BCUT2D eigenvalue weighted by Gasteiger charge is -2.20. The van der Waals surface area contributed by atoms with E-state index in [-0.39, 0.29) is 24.5 Å². The van der Waals surface area contributed by atoms with Gasteiger partial charge in [0, 0.05) is 17.8 Å². The lowest BCUT2D eigenvalue weighted by atomic mass is 10.2. The monoisotopic (exact) mass is 401 g/mol. The number of amides is 1. The van der Waals surface area contributed by atoms with Crippen LogP contribution in [0.5, 0.6) is 0 Å². The van der Waals surface area contributed by atoms with Gasteiger partial charge in [0.05, 0.1) is 7.11 Å². The summed E-state index contributed by atoms with van der Waals surface area (Å²) < 4.78 is 19.9. The van der Waals surface area contributed by atoms with Crippen LogP contribution in [0.15, 0.2) is 60.8 Å². The van der Waals surface area contributed by atoms with E-state index < -0.39 is 17.7 Å². The van der Waals surface area contributed by atoms with E-state index in [1.54, 1.807) is 42.5 Å². The third-order valence-corrected chi connectivity index (χ3v) is 4.28. The normalized spacial score (nSPS) is 10.5. The molecule has 0 aliphatic carbocycles. The molecule has 0 aliphatic rings. The van der Waals surface area contributed by atoms with Gasteiger partial charge in [-0.05, 0) is 35.9 Å². The first-order chi connectivity index (χ1) is 13.5. The number of esters is 1. The minimum absolute atomic E-state index is 0.0844. The molecule has 8 heteroatoms. The van der Waals surface area contributed by atoms with Crippen LogP contribution in [0.1, 0.15) is 16.1 Å². The van der Waals surface area contributed by atoms with Crippen molar-refractivity contribution in [2.45, 2.75) is 6.54 Å². The van der Waals surface area contributed by atoms with E-state index in [9.17, 15) is 14.0 Å². The second-order valence-electron chi connectivity index (χ2n) is 5.96. The quantitative estimate of drug-likeness (QED) is 0.593. The molecule has 6 nitrogen and oxygen atoms in total. The molecule has 1 aromatic heterocycles. The summed E-state index contributed by atoms with van der Waals surface area (Å²) in [5.74, 6) is -1.50. The summed E-state index contributed by atoms with van der Waals surface area (Å²) in [6, 6.07) is 14.5. The summed E-state index contributed by atoms with van der Waals surface area (Å²) in [4.78, 5) is 26.0. The van der Waals surface area contributed by atoms with Gasteiger partial charge in [0.15, 0.2) is 5.69 Å². The summed E-state index contributed by atoms with van der Waals surface area (Å²) in [5.41, 5.74) is 1.09. The van der Waals surface area contributed by atoms with Crippen molar-refractivity contribution in [1.29, 1.82) is 0 Å². The predicted molar refractivity (Wildman–Crippen MR) is 102 cm³/mol. The number of ether oxygens (including phenoxy) is 1. The van der Waals surface area contributed by atoms with Crippen LogP contribution in [-0.4, -0.2) is 40.2 Å². The molecule has 0 saturated heterocycles. The number of aromatic nitrogens is 2. The summed E-state index contributed by atoms with van der Waals surface area (Å²) in [7, 11) is 1.25. The van der Waals surface area contributed by atoms with Crippen molar-refractivity contribution in [3.63, 3.8) is 0 Å². The number of carbonyl (C=O) groups excluding carboxylic acids is 2. The maximum Gasteiger partial charge on any atom is 0.325 e. The summed E-state index contributed by atoms with van der Waals surface area (Å²) in [5, 5.41) is 4.73. The molecule has 0 N–H and O–H groups in total. The number of nitrogens with zero attached hydrogens (tertiary/aromatic N) is 3. The fourth-order valence-corrected chi connectivity index (χ4v) is 2.73. The van der Waals surface area contributed by atoms with Crippen LogP contribution >= 0.6 is 11.6 Å². The first-order valence-electron chi connectivity index (χ1n) is 8.39. The average Bonchev–Trinajstić information content (AvgIpc) is 3.18. The fraction of sp³-hybridized carbons (Fsp3) is 0.150. The molecule has 0 spiro atoms. The Labute approximate surface area is 166 Å². The number of rotatable bonds is 6. The van der Waals surface area contributed by atoms with Crippen molar-refractivity contribution in [2.75, 3.05) is 13.7 Å². The smallest absolute Gasteiger partial charge is 0.325 e. The van der Waals surface area contributed by atoms with Crippen LogP contribution in [0.25, 0.3) is 5.69 Å². The Morgan fingerprint density at radius 1 is 1.14 bits per heavy atom. The molecule has 28 heavy (non-hydrogen) atoms. The Kier molecular flexibility index (Phi) is 6.06. The van der Waals surface area contributed by atoms with Gasteiger partial charge in [0.1, 0.15) is 18.0 Å². The van der Waals surface area contributed by atoms with E-state index in [1.807, 2.05) is 0 Å². The molecular formula is C20H17ClFN3O3. The Balaban J connectivity index is 1.85. The van der Waals surface area contributed by atoms with Gasteiger partial charge in [0.25, 0.3) is 5.91 Å². The van der Waals surface area contributed by atoms with Crippen LogP contribution in [0.3, 0.4) is 0 Å². The molecule has 0 radical (unpaired) electrons. The molecule has 1 amide bonds. The largest absolute Gasteiger partial charge is 0.468 e. The molecule has 0 bridgehead atoms. The Morgan fingerprint density at radius 2 is 1.86 bits per heavy atom. The van der Waals surface area contributed by atoms with Gasteiger partial charge < -0.3 is 9.64 Å². The second kappa shape index (κ2) is 8.67. The molecule has 3 rings (SSSR count). The Hall–Kier alpha value is -3.19. The topological polar surface area (TPSA) is 64.4 Å². The van der Waals surface area contributed by atoms with Crippen molar-refractivity contribution in [3.05, 3.63) is 82.9 Å². The number of hydrogen-bond acceptors (Lipinski definition) is 4. The Bertz CT molecular complexity index is 988. The SMILES string of the molecule is COC(=O)CN(Cc1ccc(Cl)cc1)C(=O)c1ccn(-c2ccccc2F)n1. The number of para-hydroxylation sites is 1. The fourth-order valence-electron chi connectivity index (χ4n) is 2.60. The molecule has 1 heterocycles. The van der Waals surface area contributed by atoms with Gasteiger partial charge in [-0.25, -0.2) is 9.07 Å². The molecule has 0 fully saturated rings. The molecule has 144 valence electrons. The van der Waals surface area contributed by atoms with Gasteiger partial charge in [0.2, 0.25) is 0 Å². The van der Waals surface area contributed by atoms with E-state index in [4.69, 9.17) is 11.6 Å². The Morgan fingerprint density at radius 3 is 2.54 bits per heavy atom. The highest BCUT2D eigenvalue weighted by molar-refractivity contribution is 6.30. The minimum atomic E-state index is -0.559.